The zero-order valence-electron chi connectivity index (χ0n) is 13.2. The van der Waals surface area contributed by atoms with Gasteiger partial charge in [-0.3, -0.25) is 0 Å². The summed E-state index contributed by atoms with van der Waals surface area (Å²) in [6, 6.07) is 7.17. The molecule has 1 fully saturated rings. The molecule has 0 heterocycles. The zero-order valence-corrected chi connectivity index (χ0v) is 13.2. The van der Waals surface area contributed by atoms with Gasteiger partial charge < -0.3 is 15.4 Å². The Labute approximate surface area is 131 Å². The van der Waals surface area contributed by atoms with Crippen molar-refractivity contribution in [2.24, 2.45) is 5.92 Å². The number of hydrogen-bond acceptors (Lipinski definition) is 3. The fourth-order valence-electron chi connectivity index (χ4n) is 2.81. The number of rotatable bonds is 4. The van der Waals surface area contributed by atoms with Crippen LogP contribution in [0.25, 0.3) is 0 Å². The van der Waals surface area contributed by atoms with Crippen LogP contribution < -0.4 is 10.6 Å². The summed E-state index contributed by atoms with van der Waals surface area (Å²) in [7, 11) is 1.36. The second kappa shape index (κ2) is 7.82. The number of amides is 2. The molecule has 2 amide bonds. The lowest BCUT2D eigenvalue weighted by Gasteiger charge is -2.29. The molecule has 1 aromatic rings. The molecule has 0 aromatic heterocycles. The van der Waals surface area contributed by atoms with Gasteiger partial charge in [-0.25, -0.2) is 9.59 Å². The summed E-state index contributed by atoms with van der Waals surface area (Å²) >= 11 is 0. The van der Waals surface area contributed by atoms with Crippen LogP contribution in [-0.2, 0) is 11.3 Å². The Kier molecular flexibility index (Phi) is 5.81. The highest BCUT2D eigenvalue weighted by atomic mass is 16.5. The van der Waals surface area contributed by atoms with E-state index in [-0.39, 0.29) is 18.0 Å². The van der Waals surface area contributed by atoms with Crippen molar-refractivity contribution in [2.45, 2.75) is 45.2 Å². The summed E-state index contributed by atoms with van der Waals surface area (Å²) in [5.74, 6) is 0.183. The molecule has 1 aliphatic carbocycles. The first-order chi connectivity index (χ1) is 10.6. The van der Waals surface area contributed by atoms with Crippen molar-refractivity contribution in [2.75, 3.05) is 7.11 Å². The molecule has 0 spiro atoms. The molecule has 0 saturated heterocycles. The Balaban J connectivity index is 1.79. The summed E-state index contributed by atoms with van der Waals surface area (Å²) in [5.41, 5.74) is 1.45. The van der Waals surface area contributed by atoms with Gasteiger partial charge in [0.15, 0.2) is 0 Å². The molecule has 22 heavy (non-hydrogen) atoms. The van der Waals surface area contributed by atoms with Crippen LogP contribution in [0.1, 0.15) is 48.5 Å². The largest absolute Gasteiger partial charge is 0.465 e. The average Bonchev–Trinajstić information content (AvgIpc) is 2.55. The highest BCUT2D eigenvalue weighted by Crippen LogP contribution is 2.23. The summed E-state index contributed by atoms with van der Waals surface area (Å²) in [6.07, 6.45) is 4.68. The third-order valence-electron chi connectivity index (χ3n) is 4.26. The number of methoxy groups -OCH3 is 1. The molecule has 120 valence electrons. The lowest BCUT2D eigenvalue weighted by molar-refractivity contribution is 0.0600. The van der Waals surface area contributed by atoms with Crippen molar-refractivity contribution in [1.82, 2.24) is 10.6 Å². The van der Waals surface area contributed by atoms with Crippen LogP contribution in [-0.4, -0.2) is 25.2 Å². The molecule has 0 unspecified atom stereocenters. The number of carbonyl (C=O) groups is 2. The van der Waals surface area contributed by atoms with Gasteiger partial charge in [0, 0.05) is 12.6 Å². The maximum absolute atomic E-state index is 12.0. The average molecular weight is 304 g/mol. The summed E-state index contributed by atoms with van der Waals surface area (Å²) in [4.78, 5) is 23.3. The predicted molar refractivity (Wildman–Crippen MR) is 84.6 cm³/mol. The lowest BCUT2D eigenvalue weighted by Crippen LogP contribution is -2.45. The number of carbonyl (C=O) groups excluding carboxylic acids is 2. The fourth-order valence-corrected chi connectivity index (χ4v) is 2.81. The quantitative estimate of drug-likeness (QED) is 0.841. The first-order valence-corrected chi connectivity index (χ1v) is 7.81. The number of benzene rings is 1. The molecule has 0 aliphatic heterocycles. The number of esters is 1. The van der Waals surface area contributed by atoms with E-state index < -0.39 is 0 Å². The minimum atomic E-state index is -0.358. The van der Waals surface area contributed by atoms with E-state index in [4.69, 9.17) is 0 Å². The van der Waals surface area contributed by atoms with Crippen LogP contribution in [0.5, 0.6) is 0 Å². The Bertz CT molecular complexity index is 513. The molecule has 1 aromatic carbocycles. The second-order valence-corrected chi connectivity index (χ2v) is 5.88. The SMILES string of the molecule is COC(=O)c1ccc(CNC(=O)N[C@@H]2CCCC[C@H]2C)cc1. The van der Waals surface area contributed by atoms with Crippen molar-refractivity contribution in [3.8, 4) is 0 Å². The first kappa shape index (κ1) is 16.3. The van der Waals surface area contributed by atoms with Crippen molar-refractivity contribution >= 4 is 12.0 Å². The van der Waals surface area contributed by atoms with E-state index in [9.17, 15) is 9.59 Å². The summed E-state index contributed by atoms with van der Waals surface area (Å²) < 4.78 is 4.65. The smallest absolute Gasteiger partial charge is 0.337 e. The molecule has 0 bridgehead atoms. The van der Waals surface area contributed by atoms with Gasteiger partial charge in [-0.05, 0) is 36.5 Å². The lowest BCUT2D eigenvalue weighted by atomic mass is 9.86. The monoisotopic (exact) mass is 304 g/mol. The first-order valence-electron chi connectivity index (χ1n) is 7.81. The van der Waals surface area contributed by atoms with Gasteiger partial charge in [0.25, 0.3) is 0 Å². The Morgan fingerprint density at radius 2 is 1.86 bits per heavy atom. The highest BCUT2D eigenvalue weighted by molar-refractivity contribution is 5.89. The van der Waals surface area contributed by atoms with Gasteiger partial charge in [0.05, 0.1) is 12.7 Å². The van der Waals surface area contributed by atoms with Crippen LogP contribution in [0.4, 0.5) is 4.79 Å². The van der Waals surface area contributed by atoms with Gasteiger partial charge in [-0.2, -0.15) is 0 Å². The standard InChI is InChI=1S/C17H24N2O3/c1-12-5-3-4-6-15(12)19-17(21)18-11-13-7-9-14(10-8-13)16(20)22-2/h7-10,12,15H,3-6,11H2,1-2H3,(H2,18,19,21)/t12-,15-/m1/s1. The van der Waals surface area contributed by atoms with Crippen molar-refractivity contribution in [3.63, 3.8) is 0 Å². The summed E-state index contributed by atoms with van der Waals surface area (Å²) in [5, 5.41) is 5.92. The van der Waals surface area contributed by atoms with Crippen molar-refractivity contribution in [1.29, 1.82) is 0 Å². The highest BCUT2D eigenvalue weighted by Gasteiger charge is 2.22. The van der Waals surface area contributed by atoms with E-state index in [1.807, 2.05) is 12.1 Å². The van der Waals surface area contributed by atoms with Crippen LogP contribution in [0.3, 0.4) is 0 Å². The van der Waals surface area contributed by atoms with Crippen LogP contribution in [0.2, 0.25) is 0 Å². The van der Waals surface area contributed by atoms with Crippen LogP contribution in [0, 0.1) is 5.92 Å². The molecule has 1 saturated carbocycles. The topological polar surface area (TPSA) is 67.4 Å². The number of ether oxygens (including phenoxy) is 1. The minimum Gasteiger partial charge on any atom is -0.465 e. The number of urea groups is 1. The predicted octanol–water partition coefficient (Wildman–Crippen LogP) is 2.85. The third kappa shape index (κ3) is 4.48. The number of hydrogen-bond donors (Lipinski definition) is 2. The molecular weight excluding hydrogens is 280 g/mol. The minimum absolute atomic E-state index is 0.129. The van der Waals surface area contributed by atoms with Gasteiger partial charge in [0.2, 0.25) is 0 Å². The second-order valence-electron chi connectivity index (χ2n) is 5.88. The van der Waals surface area contributed by atoms with Crippen LogP contribution in [0.15, 0.2) is 24.3 Å². The Morgan fingerprint density at radius 3 is 2.50 bits per heavy atom. The van der Waals surface area contributed by atoms with E-state index in [1.165, 1.54) is 26.4 Å². The van der Waals surface area contributed by atoms with E-state index in [0.29, 0.717) is 18.0 Å². The fraction of sp³-hybridized carbons (Fsp3) is 0.529. The Hall–Kier alpha value is -2.04. The normalized spacial score (nSPS) is 21.0. The van der Waals surface area contributed by atoms with Crippen molar-refractivity contribution in [3.05, 3.63) is 35.4 Å². The molecule has 0 radical (unpaired) electrons. The van der Waals surface area contributed by atoms with E-state index in [0.717, 1.165) is 12.0 Å². The molecule has 2 N–H and O–H groups in total. The van der Waals surface area contributed by atoms with E-state index >= 15 is 0 Å². The molecule has 2 atom stereocenters. The molecule has 5 heteroatoms. The molecule has 5 nitrogen and oxygen atoms in total. The zero-order chi connectivity index (χ0) is 15.9. The molecule has 2 rings (SSSR count). The van der Waals surface area contributed by atoms with E-state index in [2.05, 4.69) is 22.3 Å². The van der Waals surface area contributed by atoms with Gasteiger partial charge in [0.1, 0.15) is 0 Å². The van der Waals surface area contributed by atoms with Crippen molar-refractivity contribution < 1.29 is 14.3 Å². The maximum Gasteiger partial charge on any atom is 0.337 e. The van der Waals surface area contributed by atoms with Crippen LogP contribution >= 0.6 is 0 Å². The Morgan fingerprint density at radius 1 is 1.18 bits per heavy atom. The van der Waals surface area contributed by atoms with Gasteiger partial charge in [-0.1, -0.05) is 31.9 Å². The maximum atomic E-state index is 12.0. The molecule has 1 aliphatic rings. The van der Waals surface area contributed by atoms with Gasteiger partial charge in [-0.15, -0.1) is 0 Å². The number of nitrogens with one attached hydrogen (secondary N) is 2. The van der Waals surface area contributed by atoms with E-state index in [1.54, 1.807) is 12.1 Å². The summed E-state index contributed by atoms with van der Waals surface area (Å²) in [6.45, 7) is 2.63. The van der Waals surface area contributed by atoms with Gasteiger partial charge >= 0.3 is 12.0 Å². The molecular formula is C17H24N2O3. The third-order valence-corrected chi connectivity index (χ3v) is 4.26.